The topological polar surface area (TPSA) is 116 Å². The monoisotopic (exact) mass is 340 g/mol. The molecule has 116 valence electrons. The highest BCUT2D eigenvalue weighted by Gasteiger charge is 2.25. The number of esters is 1. The van der Waals surface area contributed by atoms with Crippen LogP contribution in [0.5, 0.6) is 0 Å². The van der Waals surface area contributed by atoms with Gasteiger partial charge in [0.1, 0.15) is 9.77 Å². The lowest BCUT2D eigenvalue weighted by molar-refractivity contribution is 0.0602. The fourth-order valence-corrected chi connectivity index (χ4v) is 4.15. The number of hydrogen-bond acceptors (Lipinski definition) is 6. The summed E-state index contributed by atoms with van der Waals surface area (Å²) >= 11 is 0.945. The Labute approximate surface area is 130 Å². The molecule has 1 amide bonds. The minimum Gasteiger partial charge on any atom is -0.465 e. The highest BCUT2D eigenvalue weighted by atomic mass is 32.2. The third-order valence-corrected chi connectivity index (χ3v) is 5.16. The van der Waals surface area contributed by atoms with Crippen LogP contribution in [0.25, 0.3) is 0 Å². The molecule has 0 spiro atoms. The summed E-state index contributed by atoms with van der Waals surface area (Å²) in [6.45, 7) is 0. The van der Waals surface area contributed by atoms with Gasteiger partial charge in [-0.25, -0.2) is 13.2 Å². The van der Waals surface area contributed by atoms with Gasteiger partial charge in [-0.3, -0.25) is 9.52 Å². The number of carbonyl (C=O) groups excluding carboxylic acids is 2. The second-order valence-corrected chi connectivity index (χ2v) is 6.69. The number of benzene rings is 1. The second kappa shape index (κ2) is 6.16. The van der Waals surface area contributed by atoms with E-state index in [4.69, 9.17) is 5.73 Å². The highest BCUT2D eigenvalue weighted by Crippen LogP contribution is 2.26. The van der Waals surface area contributed by atoms with Gasteiger partial charge in [0.05, 0.1) is 18.4 Å². The molecule has 0 saturated heterocycles. The van der Waals surface area contributed by atoms with Crippen molar-refractivity contribution in [1.29, 1.82) is 0 Å². The fraction of sp³-hybridized carbons (Fsp3) is 0.0769. The van der Waals surface area contributed by atoms with Crippen molar-refractivity contribution >= 4 is 38.9 Å². The van der Waals surface area contributed by atoms with E-state index >= 15 is 0 Å². The molecule has 1 heterocycles. The van der Waals surface area contributed by atoms with E-state index in [1.165, 1.54) is 23.6 Å². The van der Waals surface area contributed by atoms with Crippen molar-refractivity contribution in [1.82, 2.24) is 0 Å². The summed E-state index contributed by atoms with van der Waals surface area (Å²) in [6.07, 6.45) is 0. The minimum atomic E-state index is -4.06. The molecule has 0 aliphatic heterocycles. The van der Waals surface area contributed by atoms with Crippen LogP contribution in [-0.4, -0.2) is 27.4 Å². The Kier molecular flexibility index (Phi) is 4.48. The molecule has 7 nitrogen and oxygen atoms in total. The van der Waals surface area contributed by atoms with Gasteiger partial charge in [-0.15, -0.1) is 11.3 Å². The van der Waals surface area contributed by atoms with Crippen LogP contribution in [0.3, 0.4) is 0 Å². The molecule has 3 N–H and O–H groups in total. The van der Waals surface area contributed by atoms with E-state index in [1.54, 1.807) is 12.1 Å². The number of thiophene rings is 1. The Morgan fingerprint density at radius 3 is 2.55 bits per heavy atom. The first-order valence-electron chi connectivity index (χ1n) is 5.94. The summed E-state index contributed by atoms with van der Waals surface area (Å²) in [7, 11) is -2.90. The quantitative estimate of drug-likeness (QED) is 0.799. The van der Waals surface area contributed by atoms with Crippen molar-refractivity contribution < 1.29 is 22.7 Å². The number of para-hydroxylation sites is 1. The van der Waals surface area contributed by atoms with Gasteiger partial charge < -0.3 is 10.5 Å². The smallest absolute Gasteiger partial charge is 0.349 e. The van der Waals surface area contributed by atoms with Gasteiger partial charge in [0.25, 0.3) is 15.9 Å². The standard InChI is InChI=1S/C13H12N2O5S2/c1-20-13(17)11-10(6-7-21-11)22(18,19)15-9-5-3-2-4-8(9)12(14)16/h2-7,15H,1H3,(H2,14,16). The number of ether oxygens (including phenoxy) is 1. The van der Waals surface area contributed by atoms with Crippen molar-refractivity contribution in [3.05, 3.63) is 46.2 Å². The molecule has 0 aliphatic rings. The van der Waals surface area contributed by atoms with Crippen LogP contribution in [-0.2, 0) is 14.8 Å². The van der Waals surface area contributed by atoms with Gasteiger partial charge in [0.2, 0.25) is 0 Å². The molecule has 0 radical (unpaired) electrons. The Morgan fingerprint density at radius 1 is 1.23 bits per heavy atom. The summed E-state index contributed by atoms with van der Waals surface area (Å²) in [5.74, 6) is -1.52. The second-order valence-electron chi connectivity index (χ2n) is 4.12. The molecule has 2 rings (SSSR count). The number of methoxy groups -OCH3 is 1. The van der Waals surface area contributed by atoms with E-state index in [-0.39, 0.29) is 21.0 Å². The number of amides is 1. The number of hydrogen-bond donors (Lipinski definition) is 2. The summed E-state index contributed by atoms with van der Waals surface area (Å²) in [6, 6.07) is 7.20. The molecular formula is C13H12N2O5S2. The van der Waals surface area contributed by atoms with Crippen LogP contribution < -0.4 is 10.5 Å². The van der Waals surface area contributed by atoms with E-state index in [0.29, 0.717) is 0 Å². The maximum absolute atomic E-state index is 12.4. The third-order valence-electron chi connectivity index (χ3n) is 2.73. The van der Waals surface area contributed by atoms with Crippen molar-refractivity contribution in [2.24, 2.45) is 5.73 Å². The molecule has 1 aromatic heterocycles. The van der Waals surface area contributed by atoms with E-state index < -0.39 is 21.9 Å². The first-order valence-corrected chi connectivity index (χ1v) is 8.30. The number of rotatable bonds is 5. The Hall–Kier alpha value is -2.39. The van der Waals surface area contributed by atoms with Crippen molar-refractivity contribution in [2.45, 2.75) is 4.90 Å². The van der Waals surface area contributed by atoms with Crippen LogP contribution in [0.1, 0.15) is 20.0 Å². The number of sulfonamides is 1. The van der Waals surface area contributed by atoms with Gasteiger partial charge in [-0.2, -0.15) is 0 Å². The van der Waals surface area contributed by atoms with Crippen molar-refractivity contribution in [2.75, 3.05) is 11.8 Å². The number of nitrogens with one attached hydrogen (secondary N) is 1. The Bertz CT molecular complexity index is 826. The molecular weight excluding hydrogens is 328 g/mol. The molecule has 22 heavy (non-hydrogen) atoms. The lowest BCUT2D eigenvalue weighted by atomic mass is 10.2. The maximum Gasteiger partial charge on any atom is 0.349 e. The lowest BCUT2D eigenvalue weighted by Gasteiger charge is -2.10. The van der Waals surface area contributed by atoms with Gasteiger partial charge in [0.15, 0.2) is 0 Å². The van der Waals surface area contributed by atoms with Gasteiger partial charge >= 0.3 is 5.97 Å². The molecule has 0 bridgehead atoms. The Balaban J connectivity index is 2.44. The zero-order valence-corrected chi connectivity index (χ0v) is 13.0. The first-order chi connectivity index (χ1) is 10.4. The van der Waals surface area contributed by atoms with Crippen molar-refractivity contribution in [3.63, 3.8) is 0 Å². The van der Waals surface area contributed by atoms with Gasteiger partial charge in [-0.05, 0) is 23.6 Å². The normalized spacial score (nSPS) is 11.0. The van der Waals surface area contributed by atoms with Crippen LogP contribution in [0.4, 0.5) is 5.69 Å². The summed E-state index contributed by atoms with van der Waals surface area (Å²) in [5.41, 5.74) is 5.27. The Morgan fingerprint density at radius 2 is 1.91 bits per heavy atom. The number of nitrogens with two attached hydrogens (primary N) is 1. The van der Waals surface area contributed by atoms with E-state index in [2.05, 4.69) is 9.46 Å². The predicted octanol–water partition coefficient (Wildman–Crippen LogP) is 1.43. The van der Waals surface area contributed by atoms with Crippen LogP contribution in [0, 0.1) is 0 Å². The summed E-state index contributed by atoms with van der Waals surface area (Å²) < 4.78 is 31.6. The average Bonchev–Trinajstić information content (AvgIpc) is 2.96. The van der Waals surface area contributed by atoms with Crippen molar-refractivity contribution in [3.8, 4) is 0 Å². The third kappa shape index (κ3) is 3.10. The molecule has 9 heteroatoms. The zero-order chi connectivity index (χ0) is 16.3. The molecule has 0 unspecified atom stereocenters. The number of primary amides is 1. The highest BCUT2D eigenvalue weighted by molar-refractivity contribution is 7.93. The first kappa shape index (κ1) is 16.0. The zero-order valence-electron chi connectivity index (χ0n) is 11.4. The van der Waals surface area contributed by atoms with Gasteiger partial charge in [-0.1, -0.05) is 12.1 Å². The van der Waals surface area contributed by atoms with E-state index in [1.807, 2.05) is 0 Å². The molecule has 1 aromatic carbocycles. The molecule has 0 aliphatic carbocycles. The summed E-state index contributed by atoms with van der Waals surface area (Å²) in [5, 5.41) is 1.46. The average molecular weight is 340 g/mol. The van der Waals surface area contributed by atoms with Crippen LogP contribution >= 0.6 is 11.3 Å². The molecule has 2 aromatic rings. The van der Waals surface area contributed by atoms with Crippen LogP contribution in [0.2, 0.25) is 0 Å². The van der Waals surface area contributed by atoms with E-state index in [0.717, 1.165) is 18.4 Å². The lowest BCUT2D eigenvalue weighted by Crippen LogP contribution is -2.19. The van der Waals surface area contributed by atoms with Crippen LogP contribution in [0.15, 0.2) is 40.6 Å². The molecule has 0 fully saturated rings. The van der Waals surface area contributed by atoms with Gasteiger partial charge in [0, 0.05) is 0 Å². The molecule has 0 saturated carbocycles. The summed E-state index contributed by atoms with van der Waals surface area (Å²) in [4.78, 5) is 22.7. The fourth-order valence-electron chi connectivity index (χ4n) is 1.74. The van der Waals surface area contributed by atoms with E-state index in [9.17, 15) is 18.0 Å². The largest absolute Gasteiger partial charge is 0.465 e. The predicted molar refractivity (Wildman–Crippen MR) is 81.4 cm³/mol. The number of anilines is 1. The number of carbonyl (C=O) groups is 2. The maximum atomic E-state index is 12.4. The SMILES string of the molecule is COC(=O)c1sccc1S(=O)(=O)Nc1ccccc1C(N)=O. The minimum absolute atomic E-state index is 0.0286. The molecule has 0 atom stereocenters.